The molecule has 0 aliphatic heterocycles. The Hall–Kier alpha value is -3.65. The number of para-hydroxylation sites is 1. The van der Waals surface area contributed by atoms with Crippen molar-refractivity contribution >= 4 is 44.9 Å². The molecular formula is C22H18N2O5S. The molecule has 0 saturated carbocycles. The Bertz CT molecular complexity index is 1250. The molecule has 0 spiro atoms. The highest BCUT2D eigenvalue weighted by atomic mass is 32.1. The maximum Gasteiger partial charge on any atom is 0.349 e. The second kappa shape index (κ2) is 8.00. The number of carbonyl (C=O) groups is 3. The van der Waals surface area contributed by atoms with Crippen molar-refractivity contribution in [3.05, 3.63) is 76.2 Å². The van der Waals surface area contributed by atoms with E-state index in [0.29, 0.717) is 21.0 Å². The summed E-state index contributed by atoms with van der Waals surface area (Å²) in [6.45, 7) is 3.18. The fourth-order valence-corrected chi connectivity index (χ4v) is 4.19. The van der Waals surface area contributed by atoms with Crippen LogP contribution in [0.3, 0.4) is 0 Å². The van der Waals surface area contributed by atoms with Gasteiger partial charge in [-0.05, 0) is 43.7 Å². The van der Waals surface area contributed by atoms with Crippen LogP contribution in [0.1, 0.15) is 41.8 Å². The largest absolute Gasteiger partial charge is 0.459 e. The number of ether oxygens (including phenoxy) is 1. The van der Waals surface area contributed by atoms with Crippen molar-refractivity contribution < 1.29 is 23.5 Å². The zero-order valence-corrected chi connectivity index (χ0v) is 17.1. The summed E-state index contributed by atoms with van der Waals surface area (Å²) in [5, 5.41) is 3.97. The number of anilines is 1. The van der Waals surface area contributed by atoms with Gasteiger partial charge in [-0.3, -0.25) is 9.59 Å². The van der Waals surface area contributed by atoms with E-state index in [4.69, 9.17) is 9.15 Å². The zero-order valence-electron chi connectivity index (χ0n) is 16.3. The number of Topliss-reactive ketones (excluding diaryl/α,β-unsaturated/α-hetero) is 1. The van der Waals surface area contributed by atoms with Crippen molar-refractivity contribution in [2.75, 3.05) is 11.9 Å². The number of amides is 1. The lowest BCUT2D eigenvalue weighted by molar-refractivity contribution is 0.0479. The van der Waals surface area contributed by atoms with Crippen LogP contribution in [0.15, 0.2) is 53.1 Å². The molecule has 3 aromatic heterocycles. The van der Waals surface area contributed by atoms with Crippen LogP contribution < -0.4 is 5.32 Å². The lowest BCUT2D eigenvalue weighted by atomic mass is 10.1. The summed E-state index contributed by atoms with van der Waals surface area (Å²) < 4.78 is 10.3. The van der Waals surface area contributed by atoms with Crippen LogP contribution >= 0.6 is 11.3 Å². The Balaban J connectivity index is 1.44. The summed E-state index contributed by atoms with van der Waals surface area (Å²) in [4.78, 5) is 40.8. The Kier molecular flexibility index (Phi) is 5.24. The zero-order chi connectivity index (χ0) is 21.3. The molecule has 8 heteroatoms. The third kappa shape index (κ3) is 3.77. The molecular weight excluding hydrogens is 404 g/mol. The summed E-state index contributed by atoms with van der Waals surface area (Å²) in [5.41, 5.74) is 2.76. The van der Waals surface area contributed by atoms with Gasteiger partial charge in [0.15, 0.2) is 12.4 Å². The maximum absolute atomic E-state index is 12.7. The van der Waals surface area contributed by atoms with Gasteiger partial charge in [-0.15, -0.1) is 11.3 Å². The number of carbonyl (C=O) groups excluding carboxylic acids is 3. The number of rotatable bonds is 6. The van der Waals surface area contributed by atoms with Crippen molar-refractivity contribution in [1.82, 2.24) is 4.98 Å². The highest BCUT2D eigenvalue weighted by Crippen LogP contribution is 2.28. The molecule has 0 bridgehead atoms. The number of aromatic nitrogens is 1. The SMILES string of the molecule is Cc1cc(NC(=O)c2ccco2)sc1C(=O)OCC(=O)c1c(C)[nH]c2ccccc12. The molecule has 1 aromatic carbocycles. The number of aromatic amines is 1. The van der Waals surface area contributed by atoms with Gasteiger partial charge in [0.1, 0.15) is 4.88 Å². The minimum atomic E-state index is -0.609. The standard InChI is InChI=1S/C22H18N2O5S/c1-12-10-18(24-21(26)17-8-5-9-28-17)30-20(12)22(27)29-11-16(25)19-13(2)23-15-7-4-3-6-14(15)19/h3-10,23H,11H2,1-2H3,(H,24,26). The molecule has 0 fully saturated rings. The molecule has 30 heavy (non-hydrogen) atoms. The number of benzene rings is 1. The van der Waals surface area contributed by atoms with Gasteiger partial charge in [-0.2, -0.15) is 0 Å². The Morgan fingerprint density at radius 1 is 1.13 bits per heavy atom. The summed E-state index contributed by atoms with van der Waals surface area (Å²) in [6, 6.07) is 12.3. The van der Waals surface area contributed by atoms with Crippen LogP contribution in [0.5, 0.6) is 0 Å². The van der Waals surface area contributed by atoms with Crippen molar-refractivity contribution in [3.8, 4) is 0 Å². The second-order valence-corrected chi connectivity index (χ2v) is 7.78. The van der Waals surface area contributed by atoms with E-state index in [2.05, 4.69) is 10.3 Å². The quantitative estimate of drug-likeness (QED) is 0.345. The van der Waals surface area contributed by atoms with Crippen molar-refractivity contribution in [3.63, 3.8) is 0 Å². The van der Waals surface area contributed by atoms with Gasteiger partial charge in [0.2, 0.25) is 5.78 Å². The predicted molar refractivity (Wildman–Crippen MR) is 113 cm³/mol. The van der Waals surface area contributed by atoms with Gasteiger partial charge in [-0.1, -0.05) is 18.2 Å². The summed E-state index contributed by atoms with van der Waals surface area (Å²) in [6.07, 6.45) is 1.41. The molecule has 0 aliphatic rings. The van der Waals surface area contributed by atoms with E-state index in [-0.39, 0.29) is 18.2 Å². The molecule has 0 atom stereocenters. The topological polar surface area (TPSA) is 101 Å². The molecule has 0 aliphatic carbocycles. The van der Waals surface area contributed by atoms with E-state index in [1.54, 1.807) is 25.1 Å². The maximum atomic E-state index is 12.7. The molecule has 1 amide bonds. The van der Waals surface area contributed by atoms with Gasteiger partial charge in [0, 0.05) is 22.2 Å². The molecule has 3 heterocycles. The number of furan rings is 1. The van der Waals surface area contributed by atoms with Crippen LogP contribution in [0, 0.1) is 13.8 Å². The first-order chi connectivity index (χ1) is 14.4. The minimum absolute atomic E-state index is 0.171. The minimum Gasteiger partial charge on any atom is -0.459 e. The van der Waals surface area contributed by atoms with Crippen LogP contribution in [0.2, 0.25) is 0 Å². The average Bonchev–Trinajstić information content (AvgIpc) is 3.44. The lowest BCUT2D eigenvalue weighted by Crippen LogP contribution is -2.14. The summed E-state index contributed by atoms with van der Waals surface area (Å²) >= 11 is 1.08. The third-order valence-corrected chi connectivity index (χ3v) is 5.72. The lowest BCUT2D eigenvalue weighted by Gasteiger charge is -2.04. The number of ketones is 1. The van der Waals surface area contributed by atoms with Crippen LogP contribution in [0.25, 0.3) is 10.9 Å². The van der Waals surface area contributed by atoms with E-state index in [1.807, 2.05) is 31.2 Å². The van der Waals surface area contributed by atoms with Crippen molar-refractivity contribution in [2.24, 2.45) is 0 Å². The summed E-state index contributed by atoms with van der Waals surface area (Å²) in [7, 11) is 0. The molecule has 152 valence electrons. The Labute approximate surface area is 175 Å². The number of nitrogens with one attached hydrogen (secondary N) is 2. The fraction of sp³-hybridized carbons (Fsp3) is 0.136. The number of fused-ring (bicyclic) bond motifs is 1. The number of aryl methyl sites for hydroxylation is 2. The number of thiophene rings is 1. The van der Waals surface area contributed by atoms with Crippen molar-refractivity contribution in [1.29, 1.82) is 0 Å². The first kappa shape index (κ1) is 19.7. The van der Waals surface area contributed by atoms with E-state index >= 15 is 0 Å². The third-order valence-electron chi connectivity index (χ3n) is 4.59. The van der Waals surface area contributed by atoms with Gasteiger partial charge >= 0.3 is 5.97 Å². The first-order valence-corrected chi connectivity index (χ1v) is 9.98. The number of hydrogen-bond donors (Lipinski definition) is 2. The van der Waals surface area contributed by atoms with Crippen molar-refractivity contribution in [2.45, 2.75) is 13.8 Å². The summed E-state index contributed by atoms with van der Waals surface area (Å²) in [5.74, 6) is -1.13. The molecule has 0 unspecified atom stereocenters. The first-order valence-electron chi connectivity index (χ1n) is 9.17. The molecule has 7 nitrogen and oxygen atoms in total. The monoisotopic (exact) mass is 422 g/mol. The van der Waals surface area contributed by atoms with E-state index in [1.165, 1.54) is 6.26 Å². The van der Waals surface area contributed by atoms with Gasteiger partial charge < -0.3 is 19.5 Å². The van der Waals surface area contributed by atoms with Gasteiger partial charge in [0.05, 0.1) is 11.3 Å². The average molecular weight is 422 g/mol. The van der Waals surface area contributed by atoms with E-state index in [9.17, 15) is 14.4 Å². The normalized spacial score (nSPS) is 10.9. The van der Waals surface area contributed by atoms with E-state index in [0.717, 1.165) is 27.9 Å². The predicted octanol–water partition coefficient (Wildman–Crippen LogP) is 4.73. The highest BCUT2D eigenvalue weighted by Gasteiger charge is 2.21. The Morgan fingerprint density at radius 3 is 2.70 bits per heavy atom. The smallest absolute Gasteiger partial charge is 0.349 e. The van der Waals surface area contributed by atoms with E-state index < -0.39 is 11.9 Å². The molecule has 4 rings (SSSR count). The number of H-pyrrole nitrogens is 1. The van der Waals surface area contributed by atoms with Gasteiger partial charge in [0.25, 0.3) is 5.91 Å². The number of esters is 1. The van der Waals surface area contributed by atoms with Crippen LogP contribution in [0.4, 0.5) is 5.00 Å². The molecule has 4 aromatic rings. The second-order valence-electron chi connectivity index (χ2n) is 6.72. The van der Waals surface area contributed by atoms with Gasteiger partial charge in [-0.25, -0.2) is 4.79 Å². The molecule has 2 N–H and O–H groups in total. The molecule has 0 saturated heterocycles. The van der Waals surface area contributed by atoms with Crippen LogP contribution in [-0.2, 0) is 4.74 Å². The van der Waals surface area contributed by atoms with Crippen LogP contribution in [-0.4, -0.2) is 29.3 Å². The number of hydrogen-bond acceptors (Lipinski definition) is 6. The highest BCUT2D eigenvalue weighted by molar-refractivity contribution is 7.18. The fourth-order valence-electron chi connectivity index (χ4n) is 3.23. The Morgan fingerprint density at radius 2 is 1.93 bits per heavy atom. The molecule has 0 radical (unpaired) electrons.